The molecule has 2 aliphatic heterocycles. The number of fused-ring (bicyclic) bond motifs is 6. The van der Waals surface area contributed by atoms with Crippen LogP contribution >= 0.6 is 0 Å². The van der Waals surface area contributed by atoms with E-state index >= 15 is 0 Å². The number of amides is 4. The zero-order valence-corrected chi connectivity index (χ0v) is 34.5. The lowest BCUT2D eigenvalue weighted by molar-refractivity contribution is -0.139. The van der Waals surface area contributed by atoms with Gasteiger partial charge in [0.05, 0.1) is 49.2 Å². The molecule has 10 rings (SSSR count). The number of aromatic nitrogens is 4. The maximum atomic E-state index is 14.1. The minimum absolute atomic E-state index is 0.0536. The summed E-state index contributed by atoms with van der Waals surface area (Å²) in [5.41, 5.74) is 8.11. The molecular formula is C46H48N8O7. The Balaban J connectivity index is 0.878. The van der Waals surface area contributed by atoms with Crippen molar-refractivity contribution in [1.82, 2.24) is 40.4 Å². The standard InChI is InChI=1S/C46H48N8O7/c1-23(2)38(52-45(59)61-4)43(57)54-28-9-5-27(15-28)39(54)42-49-33-12-8-25(18-34(33)50-42)24-6-10-29-30-11-7-26(17-32(30)40(56)31(29)16-24)35-20-47-41(51-35)36-19-46(13-14-46)22-53(36)37(55)21-48-44(58)60-3/h6-8,10-12,16-18,20,23,27-28,36,38-39H,5,9,13-15,19,21-22H2,1-4H3,(H,47,51)(H,48,58)(H,49,50)(H,52,59). The molecule has 0 radical (unpaired) electrons. The number of nitrogens with zero attached hydrogens (tertiary/aromatic N) is 4. The summed E-state index contributed by atoms with van der Waals surface area (Å²) in [5.74, 6) is 1.20. The quantitative estimate of drug-likeness (QED) is 0.123. The van der Waals surface area contributed by atoms with Crippen molar-refractivity contribution in [2.45, 2.75) is 76.5 Å². The highest BCUT2D eigenvalue weighted by molar-refractivity contribution is 6.22. The summed E-state index contributed by atoms with van der Waals surface area (Å²) in [6, 6.07) is 16.8. The molecule has 4 amide bonds. The van der Waals surface area contributed by atoms with Gasteiger partial charge in [-0.15, -0.1) is 0 Å². The van der Waals surface area contributed by atoms with E-state index in [4.69, 9.17) is 14.7 Å². The summed E-state index contributed by atoms with van der Waals surface area (Å²) < 4.78 is 9.48. The molecule has 3 aliphatic carbocycles. The summed E-state index contributed by atoms with van der Waals surface area (Å²) in [7, 11) is 2.56. The van der Waals surface area contributed by atoms with Gasteiger partial charge in [-0.3, -0.25) is 14.4 Å². The number of rotatable bonds is 9. The molecule has 3 aromatic carbocycles. The van der Waals surface area contributed by atoms with Crippen LogP contribution in [0.3, 0.4) is 0 Å². The normalized spacial score (nSPS) is 22.1. The topological polar surface area (TPSA) is 192 Å². The molecule has 4 fully saturated rings. The van der Waals surface area contributed by atoms with Crippen LogP contribution in [0.1, 0.15) is 92.0 Å². The molecule has 314 valence electrons. The van der Waals surface area contributed by atoms with Gasteiger partial charge in [0.25, 0.3) is 0 Å². The largest absolute Gasteiger partial charge is 0.453 e. The third-order valence-electron chi connectivity index (χ3n) is 13.7. The smallest absolute Gasteiger partial charge is 0.407 e. The molecule has 5 aromatic rings. The molecule has 15 nitrogen and oxygen atoms in total. The molecular weight excluding hydrogens is 777 g/mol. The van der Waals surface area contributed by atoms with Gasteiger partial charge >= 0.3 is 12.2 Å². The van der Waals surface area contributed by atoms with E-state index in [-0.39, 0.29) is 59.5 Å². The number of benzene rings is 3. The third-order valence-corrected chi connectivity index (χ3v) is 13.7. The summed E-state index contributed by atoms with van der Waals surface area (Å²) in [4.78, 5) is 85.6. The molecule has 4 heterocycles. The second kappa shape index (κ2) is 14.6. The molecule has 5 unspecified atom stereocenters. The fourth-order valence-corrected chi connectivity index (χ4v) is 10.4. The van der Waals surface area contributed by atoms with Crippen LogP contribution in [0.4, 0.5) is 9.59 Å². The lowest BCUT2D eigenvalue weighted by Gasteiger charge is -2.37. The number of likely N-dealkylation sites (tertiary alicyclic amines) is 2. The highest BCUT2D eigenvalue weighted by Gasteiger charge is 2.54. The van der Waals surface area contributed by atoms with E-state index in [1.165, 1.54) is 14.2 Å². The van der Waals surface area contributed by atoms with Crippen LogP contribution in [0.2, 0.25) is 0 Å². The minimum atomic E-state index is -0.713. The lowest BCUT2D eigenvalue weighted by atomic mass is 9.95. The summed E-state index contributed by atoms with van der Waals surface area (Å²) in [5, 5.41) is 5.26. The van der Waals surface area contributed by atoms with E-state index in [1.807, 2.05) is 73.3 Å². The van der Waals surface area contributed by atoms with E-state index in [1.54, 1.807) is 11.1 Å². The molecule has 2 saturated carbocycles. The Morgan fingerprint density at radius 1 is 0.869 bits per heavy atom. The number of ether oxygens (including phenoxy) is 2. The van der Waals surface area contributed by atoms with Crippen LogP contribution in [-0.2, 0) is 19.1 Å². The third kappa shape index (κ3) is 6.61. The summed E-state index contributed by atoms with van der Waals surface area (Å²) in [6.07, 6.45) is 6.23. The number of piperidine rings is 1. The van der Waals surface area contributed by atoms with Gasteiger partial charge in [0, 0.05) is 29.3 Å². The van der Waals surface area contributed by atoms with Gasteiger partial charge < -0.3 is 39.9 Å². The first-order valence-electron chi connectivity index (χ1n) is 21.1. The Hall–Kier alpha value is -6.51. The van der Waals surface area contributed by atoms with Crippen LogP contribution in [0.25, 0.3) is 44.5 Å². The van der Waals surface area contributed by atoms with Crippen molar-refractivity contribution >= 4 is 40.8 Å². The number of methoxy groups -OCH3 is 2. The number of carbonyl (C=O) groups excluding carboxylic acids is 5. The van der Waals surface area contributed by atoms with E-state index in [9.17, 15) is 24.0 Å². The molecule has 5 aliphatic rings. The fourth-order valence-electron chi connectivity index (χ4n) is 10.4. The van der Waals surface area contributed by atoms with Crippen molar-refractivity contribution in [2.24, 2.45) is 17.3 Å². The number of alkyl carbamates (subject to hydrolysis) is 2. The first kappa shape index (κ1) is 38.7. The highest BCUT2D eigenvalue weighted by atomic mass is 16.5. The fraction of sp³-hybridized carbons (Fsp3) is 0.413. The molecule has 2 aromatic heterocycles. The minimum Gasteiger partial charge on any atom is -0.453 e. The van der Waals surface area contributed by atoms with Crippen molar-refractivity contribution in [3.63, 3.8) is 0 Å². The second-order valence-corrected chi connectivity index (χ2v) is 17.7. The molecule has 15 heteroatoms. The second-order valence-electron chi connectivity index (χ2n) is 17.7. The first-order chi connectivity index (χ1) is 29.4. The van der Waals surface area contributed by atoms with Gasteiger partial charge in [-0.2, -0.15) is 0 Å². The average Bonchev–Trinajstić information content (AvgIpc) is 3.94. The number of aromatic amines is 2. The average molecular weight is 825 g/mol. The Morgan fingerprint density at radius 3 is 2.30 bits per heavy atom. The van der Waals surface area contributed by atoms with Crippen molar-refractivity contribution < 1.29 is 33.4 Å². The Bertz CT molecular complexity index is 2640. The van der Waals surface area contributed by atoms with Crippen LogP contribution < -0.4 is 10.6 Å². The first-order valence-corrected chi connectivity index (χ1v) is 21.1. The molecule has 61 heavy (non-hydrogen) atoms. The highest BCUT2D eigenvalue weighted by Crippen LogP contribution is 2.58. The molecule has 2 saturated heterocycles. The Labute approximate surface area is 352 Å². The van der Waals surface area contributed by atoms with Gasteiger partial charge in [-0.1, -0.05) is 44.2 Å². The maximum Gasteiger partial charge on any atom is 0.407 e. The number of hydrogen-bond donors (Lipinski definition) is 4. The lowest BCUT2D eigenvalue weighted by Crippen LogP contribution is -2.54. The molecule has 1 spiro atoms. The van der Waals surface area contributed by atoms with Crippen molar-refractivity contribution in [3.05, 3.63) is 83.6 Å². The van der Waals surface area contributed by atoms with E-state index in [2.05, 4.69) is 25.3 Å². The number of hydrogen-bond acceptors (Lipinski definition) is 9. The summed E-state index contributed by atoms with van der Waals surface area (Å²) in [6.45, 7) is 4.31. The number of H-pyrrole nitrogens is 2. The summed E-state index contributed by atoms with van der Waals surface area (Å²) >= 11 is 0. The Kier molecular flexibility index (Phi) is 9.25. The molecule has 5 atom stereocenters. The number of nitrogens with one attached hydrogen (secondary N) is 4. The van der Waals surface area contributed by atoms with Gasteiger partial charge in [-0.25, -0.2) is 19.6 Å². The van der Waals surface area contributed by atoms with E-state index in [0.717, 1.165) is 88.9 Å². The van der Waals surface area contributed by atoms with Gasteiger partial charge in [0.1, 0.15) is 24.2 Å². The monoisotopic (exact) mass is 824 g/mol. The Morgan fingerprint density at radius 2 is 1.57 bits per heavy atom. The van der Waals surface area contributed by atoms with Crippen molar-refractivity contribution in [2.75, 3.05) is 27.3 Å². The van der Waals surface area contributed by atoms with Gasteiger partial charge in [0.2, 0.25) is 11.8 Å². The SMILES string of the molecule is COC(=O)NCC(=O)N1CC2(CC2)CC1c1ncc(-c2ccc3c(c2)C(=O)c2cc(-c4ccc5nc(C6C7CCC(C7)N6C(=O)C(NC(=O)OC)C(C)C)[nH]c5c4)ccc2-3)[nH]1. The van der Waals surface area contributed by atoms with Crippen LogP contribution in [0.5, 0.6) is 0 Å². The molecule has 2 bridgehead atoms. The number of ketones is 1. The van der Waals surface area contributed by atoms with Crippen LogP contribution in [0, 0.1) is 17.3 Å². The number of carbonyl (C=O) groups is 5. The van der Waals surface area contributed by atoms with Crippen molar-refractivity contribution in [3.8, 4) is 33.5 Å². The van der Waals surface area contributed by atoms with Crippen molar-refractivity contribution in [1.29, 1.82) is 0 Å². The van der Waals surface area contributed by atoms with E-state index in [0.29, 0.717) is 23.5 Å². The van der Waals surface area contributed by atoms with Crippen LogP contribution in [-0.4, -0.2) is 98.9 Å². The van der Waals surface area contributed by atoms with Crippen LogP contribution in [0.15, 0.2) is 60.8 Å². The van der Waals surface area contributed by atoms with Gasteiger partial charge in [0.15, 0.2) is 5.78 Å². The van der Waals surface area contributed by atoms with E-state index < -0.39 is 18.2 Å². The number of imidazole rings is 2. The zero-order chi connectivity index (χ0) is 42.3. The maximum absolute atomic E-state index is 14.1. The predicted octanol–water partition coefficient (Wildman–Crippen LogP) is 6.67. The molecule has 4 N–H and O–H groups in total. The zero-order valence-electron chi connectivity index (χ0n) is 34.5. The van der Waals surface area contributed by atoms with Gasteiger partial charge in [-0.05, 0) is 102 Å². The predicted molar refractivity (Wildman–Crippen MR) is 224 cm³/mol.